The van der Waals surface area contributed by atoms with Crippen LogP contribution in [0.1, 0.15) is 77.2 Å². The van der Waals surface area contributed by atoms with Gasteiger partial charge in [0.2, 0.25) is 0 Å². The standard InChI is InChI=1S/C28H36FN3O3/c1-14-9-19-11-16(3)24(20(10-14)13-19)31-28(35)26(33)25-17(4)23(18(5)32(25)6)27(34)30-21-7-8-22(29)15(2)12-21/h7-8,12,14,16,19-20,24H,9-11,13H2,1-6H3,(H,30,34)(H,31,35). The number of carbonyl (C=O) groups excluding carboxylic acids is 3. The van der Waals surface area contributed by atoms with Crippen LogP contribution in [-0.4, -0.2) is 28.2 Å². The van der Waals surface area contributed by atoms with Crippen LogP contribution in [0, 0.1) is 50.3 Å². The minimum atomic E-state index is -0.622. The molecule has 2 N–H and O–H groups in total. The van der Waals surface area contributed by atoms with Crippen LogP contribution in [-0.2, 0) is 11.8 Å². The summed E-state index contributed by atoms with van der Waals surface area (Å²) in [6.07, 6.45) is 4.53. The summed E-state index contributed by atoms with van der Waals surface area (Å²) < 4.78 is 15.2. The topological polar surface area (TPSA) is 80.2 Å². The number of nitrogens with zero attached hydrogens (tertiary/aromatic N) is 1. The first-order valence-corrected chi connectivity index (χ1v) is 12.6. The van der Waals surface area contributed by atoms with Crippen LogP contribution >= 0.6 is 0 Å². The molecule has 188 valence electrons. The van der Waals surface area contributed by atoms with Crippen LogP contribution in [0.15, 0.2) is 18.2 Å². The molecule has 2 aliphatic rings. The van der Waals surface area contributed by atoms with E-state index in [0.717, 1.165) is 19.3 Å². The Morgan fingerprint density at radius 1 is 1.03 bits per heavy atom. The lowest BCUT2D eigenvalue weighted by molar-refractivity contribution is -0.119. The fourth-order valence-electron chi connectivity index (χ4n) is 6.56. The van der Waals surface area contributed by atoms with Crippen molar-refractivity contribution in [2.45, 2.75) is 66.3 Å². The maximum Gasteiger partial charge on any atom is 0.294 e. The van der Waals surface area contributed by atoms with E-state index in [0.29, 0.717) is 51.7 Å². The summed E-state index contributed by atoms with van der Waals surface area (Å²) in [7, 11) is 1.69. The van der Waals surface area contributed by atoms with Gasteiger partial charge in [0, 0.05) is 24.5 Å². The second kappa shape index (κ2) is 9.59. The summed E-state index contributed by atoms with van der Waals surface area (Å²) >= 11 is 0. The van der Waals surface area contributed by atoms with Gasteiger partial charge in [-0.2, -0.15) is 0 Å². The van der Waals surface area contributed by atoms with Gasteiger partial charge in [-0.15, -0.1) is 0 Å². The lowest BCUT2D eigenvalue weighted by Crippen LogP contribution is -2.52. The number of halogens is 1. The second-order valence-corrected chi connectivity index (χ2v) is 10.9. The second-order valence-electron chi connectivity index (χ2n) is 10.9. The number of amides is 2. The van der Waals surface area contributed by atoms with E-state index < -0.39 is 17.6 Å². The van der Waals surface area contributed by atoms with E-state index in [2.05, 4.69) is 24.5 Å². The smallest absolute Gasteiger partial charge is 0.294 e. The van der Waals surface area contributed by atoms with E-state index in [9.17, 15) is 18.8 Å². The highest BCUT2D eigenvalue weighted by Gasteiger charge is 2.41. The highest BCUT2D eigenvalue weighted by Crippen LogP contribution is 2.44. The van der Waals surface area contributed by atoms with Crippen LogP contribution in [0.3, 0.4) is 0 Å². The maximum absolute atomic E-state index is 13.6. The molecule has 0 saturated heterocycles. The summed E-state index contributed by atoms with van der Waals surface area (Å²) in [5.74, 6) is 0.118. The molecule has 1 aromatic carbocycles. The molecule has 2 bridgehead atoms. The third-order valence-corrected chi connectivity index (χ3v) is 8.20. The number of aromatic nitrogens is 1. The van der Waals surface area contributed by atoms with Crippen molar-refractivity contribution in [2.75, 3.05) is 5.32 Å². The van der Waals surface area contributed by atoms with Gasteiger partial charge in [-0.05, 0) is 99.5 Å². The molecule has 35 heavy (non-hydrogen) atoms. The monoisotopic (exact) mass is 481 g/mol. The Kier molecular flexibility index (Phi) is 6.89. The molecule has 2 aromatic rings. The fraction of sp³-hybridized carbons (Fsp3) is 0.536. The molecule has 6 nitrogen and oxygen atoms in total. The Hall–Kier alpha value is -2.96. The normalized spacial score (nSPS) is 25.7. The van der Waals surface area contributed by atoms with E-state index in [4.69, 9.17) is 0 Å². The molecule has 2 fully saturated rings. The van der Waals surface area contributed by atoms with E-state index >= 15 is 0 Å². The zero-order valence-electron chi connectivity index (χ0n) is 21.5. The van der Waals surface area contributed by atoms with E-state index in [1.54, 1.807) is 38.5 Å². The average molecular weight is 482 g/mol. The molecular weight excluding hydrogens is 445 g/mol. The number of aryl methyl sites for hydroxylation is 1. The average Bonchev–Trinajstić information content (AvgIpc) is 3.00. The minimum absolute atomic E-state index is 0.00314. The molecule has 0 spiro atoms. The largest absolute Gasteiger partial charge is 0.346 e. The molecule has 1 heterocycles. The van der Waals surface area contributed by atoms with Gasteiger partial charge in [0.15, 0.2) is 0 Å². The van der Waals surface area contributed by atoms with Crippen LogP contribution in [0.5, 0.6) is 0 Å². The molecule has 0 radical (unpaired) electrons. The Bertz CT molecular complexity index is 1180. The van der Waals surface area contributed by atoms with Gasteiger partial charge >= 0.3 is 0 Å². The lowest BCUT2D eigenvalue weighted by Gasteiger charge is -2.46. The van der Waals surface area contributed by atoms with Crippen molar-refractivity contribution in [1.82, 2.24) is 9.88 Å². The van der Waals surface area contributed by atoms with Gasteiger partial charge in [-0.3, -0.25) is 14.4 Å². The first-order chi connectivity index (χ1) is 16.5. The molecule has 5 unspecified atom stereocenters. The first kappa shape index (κ1) is 25.1. The quantitative estimate of drug-likeness (QED) is 0.461. The molecule has 2 aliphatic carbocycles. The summed E-state index contributed by atoms with van der Waals surface area (Å²) in [6, 6.07) is 4.35. The SMILES string of the molecule is Cc1cc(NC(=O)c2c(C)c(C(=O)C(=O)NC3C(C)CC4CC(C)CC3C4)n(C)c2C)ccc1F. The molecule has 5 atom stereocenters. The zero-order valence-corrected chi connectivity index (χ0v) is 21.5. The summed E-state index contributed by atoms with van der Waals surface area (Å²) in [5.41, 5.74) is 2.51. The van der Waals surface area contributed by atoms with Crippen molar-refractivity contribution >= 4 is 23.3 Å². The van der Waals surface area contributed by atoms with Gasteiger partial charge in [0.1, 0.15) is 5.82 Å². The number of Topliss-reactive ketones (excluding diaryl/α,β-unsaturated/α-hetero) is 1. The van der Waals surface area contributed by atoms with E-state index in [1.807, 2.05) is 0 Å². The number of hydrogen-bond acceptors (Lipinski definition) is 3. The summed E-state index contributed by atoms with van der Waals surface area (Å²) in [4.78, 5) is 39.6. The van der Waals surface area contributed by atoms with Crippen LogP contribution in [0.4, 0.5) is 10.1 Å². The van der Waals surface area contributed by atoms with E-state index in [-0.39, 0.29) is 17.6 Å². The van der Waals surface area contributed by atoms with Crippen molar-refractivity contribution in [3.63, 3.8) is 0 Å². The first-order valence-electron chi connectivity index (χ1n) is 12.6. The van der Waals surface area contributed by atoms with Crippen molar-refractivity contribution in [2.24, 2.45) is 30.7 Å². The Labute approximate surface area is 206 Å². The number of benzene rings is 1. The molecule has 4 rings (SSSR count). The predicted octanol–water partition coefficient (Wildman–Crippen LogP) is 5.10. The van der Waals surface area contributed by atoms with Gasteiger partial charge in [0.25, 0.3) is 17.6 Å². The van der Waals surface area contributed by atoms with Crippen molar-refractivity contribution in [1.29, 1.82) is 0 Å². The van der Waals surface area contributed by atoms with Gasteiger partial charge in [0.05, 0.1) is 11.3 Å². The Balaban J connectivity index is 1.54. The molecule has 7 heteroatoms. The maximum atomic E-state index is 13.6. The number of carbonyl (C=O) groups is 3. The molecule has 1 aromatic heterocycles. The van der Waals surface area contributed by atoms with Gasteiger partial charge in [-0.25, -0.2) is 4.39 Å². The van der Waals surface area contributed by atoms with Crippen molar-refractivity contribution in [3.05, 3.63) is 52.1 Å². The van der Waals surface area contributed by atoms with E-state index in [1.165, 1.54) is 18.6 Å². The number of nitrogens with one attached hydrogen (secondary N) is 2. The fourth-order valence-corrected chi connectivity index (χ4v) is 6.56. The third-order valence-electron chi connectivity index (χ3n) is 8.20. The Morgan fingerprint density at radius 3 is 2.43 bits per heavy atom. The molecule has 2 saturated carbocycles. The van der Waals surface area contributed by atoms with Crippen LogP contribution < -0.4 is 10.6 Å². The molecular formula is C28H36FN3O3. The number of hydrogen-bond donors (Lipinski definition) is 2. The Morgan fingerprint density at radius 2 is 1.74 bits per heavy atom. The lowest BCUT2D eigenvalue weighted by atomic mass is 9.63. The third kappa shape index (κ3) is 4.78. The van der Waals surface area contributed by atoms with Crippen LogP contribution in [0.25, 0.3) is 0 Å². The number of fused-ring (bicyclic) bond motifs is 2. The number of rotatable bonds is 5. The number of ketones is 1. The highest BCUT2D eigenvalue weighted by molar-refractivity contribution is 6.43. The van der Waals surface area contributed by atoms with Gasteiger partial charge in [-0.1, -0.05) is 13.8 Å². The van der Waals surface area contributed by atoms with Crippen LogP contribution in [0.2, 0.25) is 0 Å². The predicted molar refractivity (Wildman–Crippen MR) is 134 cm³/mol. The highest BCUT2D eigenvalue weighted by atomic mass is 19.1. The van der Waals surface area contributed by atoms with Crippen molar-refractivity contribution < 1.29 is 18.8 Å². The summed E-state index contributed by atoms with van der Waals surface area (Å²) in [5, 5.41) is 5.85. The van der Waals surface area contributed by atoms with Crippen molar-refractivity contribution in [3.8, 4) is 0 Å². The number of anilines is 1. The summed E-state index contributed by atoms with van der Waals surface area (Å²) in [6.45, 7) is 9.51. The van der Waals surface area contributed by atoms with Gasteiger partial charge < -0.3 is 15.2 Å². The molecule has 0 aliphatic heterocycles. The zero-order chi connectivity index (χ0) is 25.6. The molecule has 2 amide bonds. The minimum Gasteiger partial charge on any atom is -0.346 e.